The topological polar surface area (TPSA) is 107 Å². The standard InChI is InChI=1S/C22H24N2O5/c25-14-17-5-1-2-6-18(17)16-9-7-15(8-10-16)13-23-21(28)19(26)20(27)22(29)24-11-3-4-12-24/h1-2,5-10,14,19-20,26-27H,3-4,11-13H2,(H,23,28). The summed E-state index contributed by atoms with van der Waals surface area (Å²) in [4.78, 5) is 36.9. The van der Waals surface area contributed by atoms with Crippen molar-refractivity contribution in [2.24, 2.45) is 0 Å². The highest BCUT2D eigenvalue weighted by molar-refractivity contribution is 5.91. The van der Waals surface area contributed by atoms with Crippen LogP contribution >= 0.6 is 0 Å². The number of nitrogens with zero attached hydrogens (tertiary/aromatic N) is 1. The Morgan fingerprint density at radius 3 is 2.31 bits per heavy atom. The number of hydrogen-bond donors (Lipinski definition) is 3. The number of hydrogen-bond acceptors (Lipinski definition) is 5. The molecule has 7 nitrogen and oxygen atoms in total. The number of rotatable bonds is 7. The van der Waals surface area contributed by atoms with Gasteiger partial charge in [-0.1, -0.05) is 48.5 Å². The molecule has 2 aromatic rings. The molecule has 3 rings (SSSR count). The van der Waals surface area contributed by atoms with Crippen molar-refractivity contribution < 1.29 is 24.6 Å². The summed E-state index contributed by atoms with van der Waals surface area (Å²) in [6, 6.07) is 14.5. The van der Waals surface area contributed by atoms with Crippen LogP contribution in [0.2, 0.25) is 0 Å². The van der Waals surface area contributed by atoms with Crippen LogP contribution in [0.1, 0.15) is 28.8 Å². The van der Waals surface area contributed by atoms with Gasteiger partial charge < -0.3 is 20.4 Å². The van der Waals surface area contributed by atoms with Gasteiger partial charge in [0.2, 0.25) is 0 Å². The van der Waals surface area contributed by atoms with Crippen LogP contribution in [0.3, 0.4) is 0 Å². The predicted octanol–water partition coefficient (Wildman–Crippen LogP) is 1.13. The highest BCUT2D eigenvalue weighted by atomic mass is 16.3. The van der Waals surface area contributed by atoms with Crippen LogP contribution in [0.5, 0.6) is 0 Å². The Morgan fingerprint density at radius 2 is 1.66 bits per heavy atom. The molecular weight excluding hydrogens is 372 g/mol. The van der Waals surface area contributed by atoms with Crippen LogP contribution in [0, 0.1) is 0 Å². The first-order chi connectivity index (χ1) is 14.0. The van der Waals surface area contributed by atoms with Crippen molar-refractivity contribution in [3.63, 3.8) is 0 Å². The minimum absolute atomic E-state index is 0.135. The molecule has 0 aliphatic carbocycles. The molecule has 0 radical (unpaired) electrons. The van der Waals surface area contributed by atoms with Crippen LogP contribution in [-0.2, 0) is 16.1 Å². The second-order valence-corrected chi connectivity index (χ2v) is 7.04. The monoisotopic (exact) mass is 396 g/mol. The smallest absolute Gasteiger partial charge is 0.254 e. The Hall–Kier alpha value is -3.03. The summed E-state index contributed by atoms with van der Waals surface area (Å²) in [5.41, 5.74) is 3.05. The van der Waals surface area contributed by atoms with E-state index in [0.29, 0.717) is 18.7 Å². The van der Waals surface area contributed by atoms with Gasteiger partial charge in [0, 0.05) is 25.2 Å². The average molecular weight is 396 g/mol. The lowest BCUT2D eigenvalue weighted by atomic mass is 9.99. The largest absolute Gasteiger partial charge is 0.380 e. The third-order valence-corrected chi connectivity index (χ3v) is 5.06. The fourth-order valence-electron chi connectivity index (χ4n) is 3.36. The third kappa shape index (κ3) is 4.88. The lowest BCUT2D eigenvalue weighted by Crippen LogP contribution is -2.50. The number of nitrogens with one attached hydrogen (secondary N) is 1. The van der Waals surface area contributed by atoms with E-state index in [1.807, 2.05) is 24.3 Å². The molecule has 2 aromatic carbocycles. The van der Waals surface area contributed by atoms with Gasteiger partial charge in [0.15, 0.2) is 18.5 Å². The van der Waals surface area contributed by atoms with Crippen LogP contribution in [0.25, 0.3) is 11.1 Å². The fourth-order valence-corrected chi connectivity index (χ4v) is 3.36. The quantitative estimate of drug-likeness (QED) is 0.608. The maximum atomic E-state index is 12.1. The molecule has 2 atom stereocenters. The number of aldehydes is 1. The van der Waals surface area contributed by atoms with Crippen molar-refractivity contribution in [1.82, 2.24) is 10.2 Å². The summed E-state index contributed by atoms with van der Waals surface area (Å²) in [5.74, 6) is -1.43. The van der Waals surface area contributed by atoms with Gasteiger partial charge in [0.05, 0.1) is 0 Å². The lowest BCUT2D eigenvalue weighted by Gasteiger charge is -2.22. The summed E-state index contributed by atoms with van der Waals surface area (Å²) >= 11 is 0. The Labute approximate surface area is 169 Å². The van der Waals surface area contributed by atoms with Crippen LogP contribution < -0.4 is 5.32 Å². The van der Waals surface area contributed by atoms with Crippen molar-refractivity contribution in [2.75, 3.05) is 13.1 Å². The van der Waals surface area contributed by atoms with Gasteiger partial charge in [0.25, 0.3) is 11.8 Å². The molecule has 1 saturated heterocycles. The molecule has 0 bridgehead atoms. The minimum atomic E-state index is -1.82. The van der Waals surface area contributed by atoms with E-state index in [2.05, 4.69) is 5.32 Å². The normalized spacial score (nSPS) is 15.6. The van der Waals surface area contributed by atoms with Gasteiger partial charge in [0.1, 0.15) is 0 Å². The van der Waals surface area contributed by atoms with Crippen LogP contribution in [0.4, 0.5) is 0 Å². The zero-order valence-corrected chi connectivity index (χ0v) is 16.0. The summed E-state index contributed by atoms with van der Waals surface area (Å²) in [5, 5.41) is 22.5. The molecule has 0 aromatic heterocycles. The second-order valence-electron chi connectivity index (χ2n) is 7.04. The molecule has 152 valence electrons. The van der Waals surface area contributed by atoms with Gasteiger partial charge in [-0.25, -0.2) is 0 Å². The number of amides is 2. The number of benzene rings is 2. The lowest BCUT2D eigenvalue weighted by molar-refractivity contribution is -0.152. The molecule has 29 heavy (non-hydrogen) atoms. The van der Waals surface area contributed by atoms with Crippen LogP contribution in [0.15, 0.2) is 48.5 Å². The van der Waals surface area contributed by atoms with E-state index in [9.17, 15) is 24.6 Å². The molecule has 1 heterocycles. The summed E-state index contributed by atoms with van der Waals surface area (Å²) in [6.07, 6.45) is -1.07. The van der Waals surface area contributed by atoms with E-state index >= 15 is 0 Å². The summed E-state index contributed by atoms with van der Waals surface area (Å²) in [7, 11) is 0. The molecule has 7 heteroatoms. The molecule has 1 fully saturated rings. The highest BCUT2D eigenvalue weighted by Crippen LogP contribution is 2.23. The Bertz CT molecular complexity index is 875. The maximum absolute atomic E-state index is 12.1. The first-order valence-electron chi connectivity index (χ1n) is 9.57. The number of carbonyl (C=O) groups is 3. The molecule has 1 aliphatic rings. The van der Waals surface area contributed by atoms with Crippen molar-refractivity contribution in [3.8, 4) is 11.1 Å². The van der Waals surface area contributed by atoms with Crippen molar-refractivity contribution in [2.45, 2.75) is 31.6 Å². The van der Waals surface area contributed by atoms with Crippen LogP contribution in [-0.4, -0.2) is 58.5 Å². The van der Waals surface area contributed by atoms with Crippen molar-refractivity contribution in [3.05, 3.63) is 59.7 Å². The minimum Gasteiger partial charge on any atom is -0.380 e. The maximum Gasteiger partial charge on any atom is 0.254 e. The number of likely N-dealkylation sites (tertiary alicyclic amines) is 1. The zero-order valence-electron chi connectivity index (χ0n) is 16.0. The van der Waals surface area contributed by atoms with E-state index in [-0.39, 0.29) is 6.54 Å². The Morgan fingerprint density at radius 1 is 1.00 bits per heavy atom. The van der Waals surface area contributed by atoms with E-state index in [0.717, 1.165) is 35.8 Å². The number of carbonyl (C=O) groups excluding carboxylic acids is 3. The SMILES string of the molecule is O=Cc1ccccc1-c1ccc(CNC(=O)C(O)C(O)C(=O)N2CCCC2)cc1. The van der Waals surface area contributed by atoms with Gasteiger partial charge in [-0.05, 0) is 29.5 Å². The van der Waals surface area contributed by atoms with E-state index < -0.39 is 24.0 Å². The van der Waals surface area contributed by atoms with E-state index in [1.165, 1.54) is 4.90 Å². The van der Waals surface area contributed by atoms with Crippen molar-refractivity contribution in [1.29, 1.82) is 0 Å². The molecule has 1 aliphatic heterocycles. The Kier molecular flexibility index (Phi) is 6.74. The molecule has 3 N–H and O–H groups in total. The summed E-state index contributed by atoms with van der Waals surface area (Å²) < 4.78 is 0. The average Bonchev–Trinajstić information content (AvgIpc) is 3.31. The predicted molar refractivity (Wildman–Crippen MR) is 107 cm³/mol. The highest BCUT2D eigenvalue weighted by Gasteiger charge is 2.34. The molecule has 2 amide bonds. The first kappa shape index (κ1) is 20.7. The van der Waals surface area contributed by atoms with Gasteiger partial charge in [-0.3, -0.25) is 14.4 Å². The fraction of sp³-hybridized carbons (Fsp3) is 0.318. The second kappa shape index (κ2) is 9.45. The van der Waals surface area contributed by atoms with E-state index in [1.54, 1.807) is 24.3 Å². The summed E-state index contributed by atoms with van der Waals surface area (Å²) in [6.45, 7) is 1.20. The van der Waals surface area contributed by atoms with Gasteiger partial charge >= 0.3 is 0 Å². The van der Waals surface area contributed by atoms with Gasteiger partial charge in [-0.2, -0.15) is 0 Å². The molecular formula is C22H24N2O5. The molecule has 0 spiro atoms. The zero-order chi connectivity index (χ0) is 20.8. The van der Waals surface area contributed by atoms with E-state index in [4.69, 9.17) is 0 Å². The van der Waals surface area contributed by atoms with Crippen molar-refractivity contribution >= 4 is 18.1 Å². The third-order valence-electron chi connectivity index (χ3n) is 5.06. The van der Waals surface area contributed by atoms with Gasteiger partial charge in [-0.15, -0.1) is 0 Å². The Balaban J connectivity index is 1.57. The first-order valence-corrected chi connectivity index (χ1v) is 9.57. The number of aliphatic hydroxyl groups is 2. The molecule has 0 saturated carbocycles. The molecule has 2 unspecified atom stereocenters. The number of aliphatic hydroxyl groups excluding tert-OH is 2.